The summed E-state index contributed by atoms with van der Waals surface area (Å²) in [5.74, 6) is 0.936. The number of fused-ring (bicyclic) bond motifs is 1. The van der Waals surface area contributed by atoms with Crippen LogP contribution in [0.4, 0.5) is 0 Å². The standard InChI is InChI=1S/C15H19ClN4S/c1-4-12-13-15(19(3)18-12)20(14(17-13)10(2)16)8-7-11-6-5-9-21-11/h5-6,9-10H,4,7-8H2,1-3H3. The van der Waals surface area contributed by atoms with Crippen LogP contribution in [0.25, 0.3) is 11.2 Å². The van der Waals surface area contributed by atoms with Crippen molar-refractivity contribution in [1.29, 1.82) is 0 Å². The van der Waals surface area contributed by atoms with Gasteiger partial charge in [-0.2, -0.15) is 5.10 Å². The Bertz CT molecular complexity index is 739. The van der Waals surface area contributed by atoms with E-state index >= 15 is 0 Å². The number of thiophene rings is 1. The van der Waals surface area contributed by atoms with Gasteiger partial charge in [0.05, 0.1) is 11.1 Å². The zero-order valence-corrected chi connectivity index (χ0v) is 14.1. The highest BCUT2D eigenvalue weighted by atomic mass is 35.5. The van der Waals surface area contributed by atoms with Gasteiger partial charge in [0.15, 0.2) is 5.65 Å². The molecule has 112 valence electrons. The molecule has 3 aromatic rings. The summed E-state index contributed by atoms with van der Waals surface area (Å²) < 4.78 is 4.15. The molecule has 0 saturated carbocycles. The number of nitrogens with zero attached hydrogens (tertiary/aromatic N) is 4. The summed E-state index contributed by atoms with van der Waals surface area (Å²) in [6, 6.07) is 4.26. The molecule has 0 N–H and O–H groups in total. The van der Waals surface area contributed by atoms with Gasteiger partial charge >= 0.3 is 0 Å². The van der Waals surface area contributed by atoms with Gasteiger partial charge in [-0.05, 0) is 31.2 Å². The molecule has 0 saturated heterocycles. The minimum Gasteiger partial charge on any atom is -0.311 e. The summed E-state index contributed by atoms with van der Waals surface area (Å²) in [4.78, 5) is 6.13. The van der Waals surface area contributed by atoms with Crippen LogP contribution in [-0.2, 0) is 26.4 Å². The number of hydrogen-bond donors (Lipinski definition) is 0. The van der Waals surface area contributed by atoms with E-state index in [0.29, 0.717) is 0 Å². The topological polar surface area (TPSA) is 35.6 Å². The average Bonchev–Trinajstić information content (AvgIpc) is 3.13. The van der Waals surface area contributed by atoms with E-state index in [4.69, 9.17) is 16.6 Å². The Balaban J connectivity index is 2.05. The number of hydrogen-bond acceptors (Lipinski definition) is 3. The van der Waals surface area contributed by atoms with E-state index in [-0.39, 0.29) is 5.38 Å². The average molecular weight is 323 g/mol. The van der Waals surface area contributed by atoms with E-state index in [1.54, 1.807) is 11.3 Å². The third kappa shape index (κ3) is 2.60. The normalized spacial score (nSPS) is 13.1. The molecule has 3 rings (SSSR count). The first kappa shape index (κ1) is 14.6. The highest BCUT2D eigenvalue weighted by Crippen LogP contribution is 2.27. The molecular weight excluding hydrogens is 304 g/mol. The van der Waals surface area contributed by atoms with Crippen LogP contribution in [0.1, 0.15) is 35.6 Å². The first-order valence-corrected chi connectivity index (χ1v) is 8.51. The zero-order chi connectivity index (χ0) is 15.0. The molecule has 6 heteroatoms. The monoisotopic (exact) mass is 322 g/mol. The van der Waals surface area contributed by atoms with Crippen molar-refractivity contribution in [1.82, 2.24) is 19.3 Å². The maximum Gasteiger partial charge on any atom is 0.158 e. The second-order valence-electron chi connectivity index (χ2n) is 5.16. The van der Waals surface area contributed by atoms with E-state index in [1.165, 1.54) is 4.88 Å². The largest absolute Gasteiger partial charge is 0.311 e. The maximum absolute atomic E-state index is 6.33. The van der Waals surface area contributed by atoms with Crippen molar-refractivity contribution >= 4 is 34.1 Å². The van der Waals surface area contributed by atoms with E-state index in [0.717, 1.165) is 42.1 Å². The molecule has 0 radical (unpaired) electrons. The van der Waals surface area contributed by atoms with Crippen molar-refractivity contribution in [2.24, 2.45) is 7.05 Å². The molecule has 3 heterocycles. The van der Waals surface area contributed by atoms with Gasteiger partial charge in [-0.3, -0.25) is 4.68 Å². The number of imidazole rings is 1. The molecule has 0 bridgehead atoms. The van der Waals surface area contributed by atoms with E-state index in [2.05, 4.69) is 34.1 Å². The minimum absolute atomic E-state index is 0.106. The molecule has 0 amide bonds. The van der Waals surface area contributed by atoms with Gasteiger partial charge in [0.2, 0.25) is 0 Å². The molecule has 0 aliphatic heterocycles. The molecule has 0 fully saturated rings. The molecule has 0 aromatic carbocycles. The Kier molecular flexibility index (Phi) is 4.04. The van der Waals surface area contributed by atoms with Crippen molar-refractivity contribution in [3.63, 3.8) is 0 Å². The van der Waals surface area contributed by atoms with Crippen molar-refractivity contribution in [3.8, 4) is 0 Å². The Labute approximate surface area is 133 Å². The summed E-state index contributed by atoms with van der Waals surface area (Å²) in [5.41, 5.74) is 3.11. The molecule has 1 atom stereocenters. The van der Waals surface area contributed by atoms with Gasteiger partial charge < -0.3 is 4.57 Å². The van der Waals surface area contributed by atoms with Crippen molar-refractivity contribution < 1.29 is 0 Å². The Morgan fingerprint density at radius 2 is 2.24 bits per heavy atom. The number of aromatic nitrogens is 4. The van der Waals surface area contributed by atoms with Gasteiger partial charge in [-0.25, -0.2) is 4.98 Å². The fourth-order valence-corrected chi connectivity index (χ4v) is 3.56. The zero-order valence-electron chi connectivity index (χ0n) is 12.5. The Morgan fingerprint density at radius 1 is 1.43 bits per heavy atom. The van der Waals surface area contributed by atoms with Crippen LogP contribution in [0.3, 0.4) is 0 Å². The molecule has 3 aromatic heterocycles. The fraction of sp³-hybridized carbons (Fsp3) is 0.467. The van der Waals surface area contributed by atoms with E-state index < -0.39 is 0 Å². The number of halogens is 1. The van der Waals surface area contributed by atoms with Crippen LogP contribution in [0.5, 0.6) is 0 Å². The second-order valence-corrected chi connectivity index (χ2v) is 6.85. The smallest absolute Gasteiger partial charge is 0.158 e. The van der Waals surface area contributed by atoms with Crippen molar-refractivity contribution in [3.05, 3.63) is 33.9 Å². The first-order chi connectivity index (χ1) is 10.1. The number of rotatable bonds is 5. The lowest BCUT2D eigenvalue weighted by Gasteiger charge is -2.10. The van der Waals surface area contributed by atoms with Gasteiger partial charge in [0, 0.05) is 18.5 Å². The van der Waals surface area contributed by atoms with Crippen LogP contribution in [0.15, 0.2) is 17.5 Å². The third-order valence-corrected chi connectivity index (χ3v) is 4.80. The lowest BCUT2D eigenvalue weighted by Crippen LogP contribution is -2.09. The van der Waals surface area contributed by atoms with Crippen LogP contribution in [0, 0.1) is 0 Å². The van der Waals surface area contributed by atoms with Crippen LogP contribution < -0.4 is 0 Å². The number of alkyl halides is 1. The summed E-state index contributed by atoms with van der Waals surface area (Å²) in [6.45, 7) is 4.96. The summed E-state index contributed by atoms with van der Waals surface area (Å²) in [7, 11) is 1.98. The quantitative estimate of drug-likeness (QED) is 0.667. The predicted molar refractivity (Wildman–Crippen MR) is 88.2 cm³/mol. The lowest BCUT2D eigenvalue weighted by molar-refractivity contribution is 0.638. The molecule has 1 unspecified atom stereocenters. The maximum atomic E-state index is 6.33. The van der Waals surface area contributed by atoms with E-state index in [9.17, 15) is 0 Å². The van der Waals surface area contributed by atoms with Crippen LogP contribution >= 0.6 is 22.9 Å². The molecule has 0 aliphatic carbocycles. The third-order valence-electron chi connectivity index (χ3n) is 3.67. The minimum atomic E-state index is -0.106. The molecule has 0 spiro atoms. The molecular formula is C15H19ClN4S. The van der Waals surface area contributed by atoms with Crippen molar-refractivity contribution in [2.45, 2.75) is 38.6 Å². The lowest BCUT2D eigenvalue weighted by atomic mass is 10.3. The van der Waals surface area contributed by atoms with Gasteiger partial charge in [0.1, 0.15) is 11.3 Å². The van der Waals surface area contributed by atoms with Crippen molar-refractivity contribution in [2.75, 3.05) is 0 Å². The highest BCUT2D eigenvalue weighted by Gasteiger charge is 2.20. The molecule has 0 aliphatic rings. The molecule has 4 nitrogen and oxygen atoms in total. The number of aryl methyl sites for hydroxylation is 4. The van der Waals surface area contributed by atoms with Crippen LogP contribution in [0.2, 0.25) is 0 Å². The Morgan fingerprint density at radius 3 is 2.86 bits per heavy atom. The SMILES string of the molecule is CCc1nn(C)c2c1nc(C(C)Cl)n2CCc1cccs1. The fourth-order valence-electron chi connectivity index (χ4n) is 2.70. The summed E-state index contributed by atoms with van der Waals surface area (Å²) in [6.07, 6.45) is 1.88. The van der Waals surface area contributed by atoms with Gasteiger partial charge in [0.25, 0.3) is 0 Å². The van der Waals surface area contributed by atoms with Gasteiger partial charge in [-0.15, -0.1) is 22.9 Å². The second kappa shape index (κ2) is 5.81. The summed E-state index contributed by atoms with van der Waals surface area (Å²) in [5, 5.41) is 6.58. The molecule has 21 heavy (non-hydrogen) atoms. The van der Waals surface area contributed by atoms with Gasteiger partial charge in [-0.1, -0.05) is 13.0 Å². The first-order valence-electron chi connectivity index (χ1n) is 7.20. The predicted octanol–water partition coefficient (Wildman–Crippen LogP) is 3.94. The van der Waals surface area contributed by atoms with E-state index in [1.807, 2.05) is 18.7 Å². The highest BCUT2D eigenvalue weighted by molar-refractivity contribution is 7.09. The Hall–Kier alpha value is -1.33. The summed E-state index contributed by atoms with van der Waals surface area (Å²) >= 11 is 8.12. The van der Waals surface area contributed by atoms with Crippen LogP contribution in [-0.4, -0.2) is 19.3 Å².